The first kappa shape index (κ1) is 15.1. The van der Waals surface area contributed by atoms with Crippen LogP contribution >= 0.6 is 0 Å². The molecule has 120 valence electrons. The van der Waals surface area contributed by atoms with Crippen LogP contribution in [-0.2, 0) is 9.47 Å². The summed E-state index contributed by atoms with van der Waals surface area (Å²) < 4.78 is 11.1. The minimum absolute atomic E-state index is 0.433. The molecular weight excluding hydrogens is 268 g/mol. The van der Waals surface area contributed by atoms with Crippen molar-refractivity contribution in [3.05, 3.63) is 0 Å². The highest BCUT2D eigenvalue weighted by molar-refractivity contribution is 5.78. The lowest BCUT2D eigenvalue weighted by Crippen LogP contribution is -2.49. The Morgan fingerprint density at radius 2 is 2.00 bits per heavy atom. The van der Waals surface area contributed by atoms with E-state index in [4.69, 9.17) is 15.2 Å². The summed E-state index contributed by atoms with van der Waals surface area (Å²) in [6.07, 6.45) is 3.63. The van der Waals surface area contributed by atoms with E-state index in [0.29, 0.717) is 24.0 Å². The number of nitrogens with zero attached hydrogens (tertiary/aromatic N) is 3. The Labute approximate surface area is 127 Å². The molecule has 0 aromatic rings. The predicted molar refractivity (Wildman–Crippen MR) is 82.4 cm³/mol. The SMILES string of the molecule is CN(C(N)=NC[C@H]([C@H]1CCOC1)N1CCOCC1)C1CC1. The van der Waals surface area contributed by atoms with Gasteiger partial charge in [-0.05, 0) is 19.3 Å². The number of ether oxygens (including phenoxy) is 2. The van der Waals surface area contributed by atoms with Gasteiger partial charge < -0.3 is 20.1 Å². The van der Waals surface area contributed by atoms with Crippen LogP contribution in [0.25, 0.3) is 0 Å². The molecule has 0 bridgehead atoms. The van der Waals surface area contributed by atoms with E-state index in [9.17, 15) is 0 Å². The summed E-state index contributed by atoms with van der Waals surface area (Å²) in [6.45, 7) is 6.15. The number of hydrogen-bond donors (Lipinski definition) is 1. The summed E-state index contributed by atoms with van der Waals surface area (Å²) in [5, 5.41) is 0. The second-order valence-electron chi connectivity index (χ2n) is 6.38. The van der Waals surface area contributed by atoms with E-state index in [1.54, 1.807) is 0 Å². The maximum atomic E-state index is 6.14. The molecule has 6 nitrogen and oxygen atoms in total. The van der Waals surface area contributed by atoms with Crippen molar-refractivity contribution in [1.82, 2.24) is 9.80 Å². The standard InChI is InChI=1S/C15H28N4O2/c1-18(13-2-3-13)15(16)17-10-14(12-4-7-21-11-12)19-5-8-20-9-6-19/h12-14H,2-11H2,1H3,(H2,16,17)/t12-,14+/m0/s1. The third-order valence-corrected chi connectivity index (χ3v) is 4.92. The second-order valence-corrected chi connectivity index (χ2v) is 6.38. The molecular formula is C15H28N4O2. The van der Waals surface area contributed by atoms with Crippen molar-refractivity contribution in [2.75, 3.05) is 53.1 Å². The van der Waals surface area contributed by atoms with Crippen molar-refractivity contribution >= 4 is 5.96 Å². The van der Waals surface area contributed by atoms with Gasteiger partial charge in [0.25, 0.3) is 0 Å². The quantitative estimate of drug-likeness (QED) is 0.577. The molecule has 2 N–H and O–H groups in total. The summed E-state index contributed by atoms with van der Waals surface area (Å²) in [7, 11) is 2.05. The molecule has 2 heterocycles. The van der Waals surface area contributed by atoms with E-state index in [-0.39, 0.29) is 0 Å². The van der Waals surface area contributed by atoms with E-state index in [1.807, 2.05) is 0 Å². The number of aliphatic imine (C=N–C) groups is 1. The fraction of sp³-hybridized carbons (Fsp3) is 0.933. The molecule has 0 aromatic heterocycles. The molecule has 21 heavy (non-hydrogen) atoms. The molecule has 1 aliphatic carbocycles. The summed E-state index contributed by atoms with van der Waals surface area (Å²) in [5.41, 5.74) is 6.14. The van der Waals surface area contributed by atoms with Crippen LogP contribution in [0.1, 0.15) is 19.3 Å². The number of hydrogen-bond acceptors (Lipinski definition) is 4. The highest BCUT2D eigenvalue weighted by Gasteiger charge is 2.32. The van der Waals surface area contributed by atoms with Crippen molar-refractivity contribution < 1.29 is 9.47 Å². The first-order chi connectivity index (χ1) is 10.3. The largest absolute Gasteiger partial charge is 0.381 e. The maximum absolute atomic E-state index is 6.14. The Bertz CT molecular complexity index is 361. The Balaban J connectivity index is 1.61. The van der Waals surface area contributed by atoms with Crippen LogP contribution in [0.4, 0.5) is 0 Å². The Hall–Kier alpha value is -0.850. The van der Waals surface area contributed by atoms with E-state index in [0.717, 1.165) is 52.5 Å². The van der Waals surface area contributed by atoms with Gasteiger partial charge in [-0.2, -0.15) is 0 Å². The topological polar surface area (TPSA) is 63.3 Å². The smallest absolute Gasteiger partial charge is 0.191 e. The number of rotatable bonds is 5. The van der Waals surface area contributed by atoms with Crippen LogP contribution in [0.5, 0.6) is 0 Å². The minimum Gasteiger partial charge on any atom is -0.381 e. The Kier molecular flexibility index (Phi) is 4.98. The molecule has 3 aliphatic rings. The van der Waals surface area contributed by atoms with E-state index < -0.39 is 0 Å². The van der Waals surface area contributed by atoms with Crippen LogP contribution in [0.15, 0.2) is 4.99 Å². The molecule has 2 aliphatic heterocycles. The molecule has 1 saturated carbocycles. The van der Waals surface area contributed by atoms with Crippen LogP contribution in [-0.4, -0.2) is 81.0 Å². The molecule has 2 atom stereocenters. The molecule has 0 aromatic carbocycles. The zero-order valence-corrected chi connectivity index (χ0v) is 13.0. The van der Waals surface area contributed by atoms with Gasteiger partial charge in [-0.3, -0.25) is 9.89 Å². The lowest BCUT2D eigenvalue weighted by molar-refractivity contribution is 0.00365. The van der Waals surface area contributed by atoms with Gasteiger partial charge in [0.1, 0.15) is 0 Å². The maximum Gasteiger partial charge on any atom is 0.191 e. The van der Waals surface area contributed by atoms with Crippen LogP contribution < -0.4 is 5.73 Å². The third-order valence-electron chi connectivity index (χ3n) is 4.92. The Morgan fingerprint density at radius 3 is 2.62 bits per heavy atom. The zero-order valence-electron chi connectivity index (χ0n) is 13.0. The van der Waals surface area contributed by atoms with Gasteiger partial charge in [-0.25, -0.2) is 0 Å². The number of nitrogens with two attached hydrogens (primary N) is 1. The van der Waals surface area contributed by atoms with Gasteiger partial charge in [0.2, 0.25) is 0 Å². The highest BCUT2D eigenvalue weighted by Crippen LogP contribution is 2.25. The molecule has 0 amide bonds. The summed E-state index contributed by atoms with van der Waals surface area (Å²) in [6, 6.07) is 1.05. The van der Waals surface area contributed by atoms with Crippen molar-refractivity contribution in [1.29, 1.82) is 0 Å². The zero-order chi connectivity index (χ0) is 14.7. The van der Waals surface area contributed by atoms with Gasteiger partial charge in [0.05, 0.1) is 26.4 Å². The van der Waals surface area contributed by atoms with E-state index in [1.165, 1.54) is 12.8 Å². The fourth-order valence-electron chi connectivity index (χ4n) is 3.28. The highest BCUT2D eigenvalue weighted by atomic mass is 16.5. The lowest BCUT2D eigenvalue weighted by Gasteiger charge is -2.36. The molecule has 0 radical (unpaired) electrons. The van der Waals surface area contributed by atoms with Crippen molar-refractivity contribution in [2.24, 2.45) is 16.6 Å². The van der Waals surface area contributed by atoms with E-state index >= 15 is 0 Å². The molecule has 3 fully saturated rings. The third kappa shape index (κ3) is 3.87. The van der Waals surface area contributed by atoms with E-state index in [2.05, 4.69) is 21.8 Å². The van der Waals surface area contributed by atoms with Crippen molar-refractivity contribution in [3.63, 3.8) is 0 Å². The predicted octanol–water partition coefficient (Wildman–Crippen LogP) is 0.133. The summed E-state index contributed by atoms with van der Waals surface area (Å²) in [5.74, 6) is 1.26. The van der Waals surface area contributed by atoms with Crippen LogP contribution in [0.2, 0.25) is 0 Å². The monoisotopic (exact) mass is 296 g/mol. The molecule has 6 heteroatoms. The normalized spacial score (nSPS) is 29.6. The first-order valence-corrected chi connectivity index (χ1v) is 8.18. The minimum atomic E-state index is 0.433. The molecule has 3 rings (SSSR count). The van der Waals surface area contributed by atoms with Gasteiger partial charge in [0.15, 0.2) is 5.96 Å². The lowest BCUT2D eigenvalue weighted by atomic mass is 9.97. The molecule has 0 unspecified atom stereocenters. The fourth-order valence-corrected chi connectivity index (χ4v) is 3.28. The first-order valence-electron chi connectivity index (χ1n) is 8.18. The Morgan fingerprint density at radius 1 is 1.24 bits per heavy atom. The van der Waals surface area contributed by atoms with Crippen molar-refractivity contribution in [2.45, 2.75) is 31.3 Å². The average molecular weight is 296 g/mol. The second kappa shape index (κ2) is 6.94. The number of guanidine groups is 1. The average Bonchev–Trinajstić information content (AvgIpc) is 3.24. The van der Waals surface area contributed by atoms with Crippen LogP contribution in [0, 0.1) is 5.92 Å². The van der Waals surface area contributed by atoms with Crippen LogP contribution in [0.3, 0.4) is 0 Å². The van der Waals surface area contributed by atoms with Gasteiger partial charge in [0, 0.05) is 44.7 Å². The van der Waals surface area contributed by atoms with Gasteiger partial charge in [-0.15, -0.1) is 0 Å². The summed E-state index contributed by atoms with van der Waals surface area (Å²) >= 11 is 0. The summed E-state index contributed by atoms with van der Waals surface area (Å²) in [4.78, 5) is 9.32. The van der Waals surface area contributed by atoms with Crippen molar-refractivity contribution in [3.8, 4) is 0 Å². The van der Waals surface area contributed by atoms with Gasteiger partial charge in [-0.1, -0.05) is 0 Å². The number of morpholine rings is 1. The molecule has 0 spiro atoms. The molecule has 2 saturated heterocycles. The van der Waals surface area contributed by atoms with Gasteiger partial charge >= 0.3 is 0 Å².